The van der Waals surface area contributed by atoms with E-state index in [1.807, 2.05) is 6.92 Å². The van der Waals surface area contributed by atoms with Crippen molar-refractivity contribution in [2.75, 3.05) is 25.0 Å². The average molecular weight is 285 g/mol. The Morgan fingerprint density at radius 1 is 1.47 bits per heavy atom. The molecule has 0 aliphatic heterocycles. The van der Waals surface area contributed by atoms with Gasteiger partial charge in [0.05, 0.1) is 11.2 Å². The predicted octanol–water partition coefficient (Wildman–Crippen LogP) is 1.72. The van der Waals surface area contributed by atoms with Gasteiger partial charge in [0.2, 0.25) is 0 Å². The van der Waals surface area contributed by atoms with Gasteiger partial charge in [-0.15, -0.1) is 0 Å². The molecule has 0 unspecified atom stereocenters. The third kappa shape index (κ3) is 3.70. The molecule has 0 radical (unpaired) electrons. The van der Waals surface area contributed by atoms with Crippen LogP contribution in [0.2, 0.25) is 5.02 Å². The molecule has 5 nitrogen and oxygen atoms in total. The second kappa shape index (κ2) is 6.91. The zero-order valence-electron chi connectivity index (χ0n) is 11.3. The molecule has 2 rings (SSSR count). The summed E-state index contributed by atoms with van der Waals surface area (Å²) in [6.07, 6.45) is 5.21. The number of nitrogens with one attached hydrogen (secondary N) is 2. The number of aromatic nitrogens is 2. The van der Waals surface area contributed by atoms with Crippen molar-refractivity contribution in [3.8, 4) is 0 Å². The summed E-state index contributed by atoms with van der Waals surface area (Å²) in [6, 6.07) is 0. The summed E-state index contributed by atoms with van der Waals surface area (Å²) < 4.78 is 1.53. The van der Waals surface area contributed by atoms with Gasteiger partial charge in [-0.05, 0) is 25.3 Å². The zero-order valence-corrected chi connectivity index (χ0v) is 12.0. The Kier molecular flexibility index (Phi) is 5.22. The number of rotatable bonds is 7. The van der Waals surface area contributed by atoms with Gasteiger partial charge < -0.3 is 10.6 Å². The molecule has 1 saturated carbocycles. The first-order valence-electron chi connectivity index (χ1n) is 6.92. The van der Waals surface area contributed by atoms with Crippen LogP contribution in [-0.4, -0.2) is 29.4 Å². The van der Waals surface area contributed by atoms with E-state index in [4.69, 9.17) is 11.6 Å². The Morgan fingerprint density at radius 2 is 2.26 bits per heavy atom. The van der Waals surface area contributed by atoms with Gasteiger partial charge in [-0.1, -0.05) is 24.9 Å². The summed E-state index contributed by atoms with van der Waals surface area (Å²) in [4.78, 5) is 12.3. The summed E-state index contributed by atoms with van der Waals surface area (Å²) in [5.74, 6) is 0.598. The highest BCUT2D eigenvalue weighted by atomic mass is 35.5. The Balaban J connectivity index is 2.03. The smallest absolute Gasteiger partial charge is 0.291 e. The highest BCUT2D eigenvalue weighted by Crippen LogP contribution is 2.27. The highest BCUT2D eigenvalue weighted by molar-refractivity contribution is 6.32. The maximum atomic E-state index is 12.3. The van der Waals surface area contributed by atoms with Crippen LogP contribution < -0.4 is 16.2 Å². The van der Waals surface area contributed by atoms with Crippen LogP contribution in [0.4, 0.5) is 5.69 Å². The summed E-state index contributed by atoms with van der Waals surface area (Å²) >= 11 is 6.04. The van der Waals surface area contributed by atoms with E-state index in [0.29, 0.717) is 29.7 Å². The molecule has 0 aromatic carbocycles. The van der Waals surface area contributed by atoms with Gasteiger partial charge in [0.15, 0.2) is 0 Å². The fourth-order valence-corrected chi connectivity index (χ4v) is 2.32. The third-order valence-electron chi connectivity index (χ3n) is 3.51. The molecular weight excluding hydrogens is 264 g/mol. The van der Waals surface area contributed by atoms with Crippen molar-refractivity contribution in [2.24, 2.45) is 5.92 Å². The van der Waals surface area contributed by atoms with E-state index in [9.17, 15) is 4.79 Å². The minimum atomic E-state index is -0.115. The van der Waals surface area contributed by atoms with Gasteiger partial charge in [-0.25, -0.2) is 4.68 Å². The Labute approximate surface area is 118 Å². The number of nitrogens with zero attached hydrogens (tertiary/aromatic N) is 2. The monoisotopic (exact) mass is 284 g/mol. The highest BCUT2D eigenvalue weighted by Gasteiger charge is 2.20. The number of hydrogen-bond donors (Lipinski definition) is 2. The summed E-state index contributed by atoms with van der Waals surface area (Å²) in [5.41, 5.74) is 0.352. The molecule has 0 saturated heterocycles. The molecule has 1 aromatic rings. The summed E-state index contributed by atoms with van der Waals surface area (Å²) in [5, 5.41) is 10.8. The van der Waals surface area contributed by atoms with Crippen LogP contribution in [0.25, 0.3) is 0 Å². The normalized spacial score (nSPS) is 15.3. The lowest BCUT2D eigenvalue weighted by Gasteiger charge is -2.25. The average Bonchev–Trinajstić information content (AvgIpc) is 2.35. The lowest BCUT2D eigenvalue weighted by Crippen LogP contribution is -2.32. The van der Waals surface area contributed by atoms with Crippen LogP contribution in [0.3, 0.4) is 0 Å². The van der Waals surface area contributed by atoms with Gasteiger partial charge >= 0.3 is 0 Å². The topological polar surface area (TPSA) is 59.0 Å². The van der Waals surface area contributed by atoms with Crippen molar-refractivity contribution >= 4 is 17.3 Å². The lowest BCUT2D eigenvalue weighted by molar-refractivity contribution is 0.262. The van der Waals surface area contributed by atoms with Gasteiger partial charge in [-0.3, -0.25) is 4.79 Å². The second-order valence-corrected chi connectivity index (χ2v) is 5.34. The molecule has 0 atom stereocenters. The largest absolute Gasteiger partial charge is 0.378 e. The Morgan fingerprint density at radius 3 is 2.89 bits per heavy atom. The van der Waals surface area contributed by atoms with Crippen molar-refractivity contribution in [3.05, 3.63) is 21.6 Å². The van der Waals surface area contributed by atoms with Gasteiger partial charge in [0.25, 0.3) is 5.56 Å². The Bertz CT molecular complexity index is 470. The zero-order chi connectivity index (χ0) is 13.7. The molecule has 0 spiro atoms. The number of halogens is 1. The first-order chi connectivity index (χ1) is 9.22. The minimum Gasteiger partial charge on any atom is -0.378 e. The van der Waals surface area contributed by atoms with E-state index in [1.54, 1.807) is 6.20 Å². The van der Waals surface area contributed by atoms with Crippen molar-refractivity contribution in [1.82, 2.24) is 15.1 Å². The van der Waals surface area contributed by atoms with Crippen LogP contribution in [0.5, 0.6) is 0 Å². The molecule has 19 heavy (non-hydrogen) atoms. The van der Waals surface area contributed by atoms with Crippen molar-refractivity contribution < 1.29 is 0 Å². The molecule has 106 valence electrons. The summed E-state index contributed by atoms with van der Waals surface area (Å²) in [7, 11) is 0. The first kappa shape index (κ1) is 14.3. The van der Waals surface area contributed by atoms with E-state index >= 15 is 0 Å². The first-order valence-corrected chi connectivity index (χ1v) is 7.30. The standard InChI is InChI=1S/C13H21ClN4O/c1-2-15-6-7-16-12-11(14)8-17-18(13(12)19)9-10-4-3-5-10/h8,10,15-16H,2-7,9H2,1H3. The van der Waals surface area contributed by atoms with E-state index in [1.165, 1.54) is 23.9 Å². The quantitative estimate of drug-likeness (QED) is 0.749. The third-order valence-corrected chi connectivity index (χ3v) is 3.79. The fourth-order valence-electron chi connectivity index (χ4n) is 2.13. The number of likely N-dealkylation sites (N-methyl/N-ethyl adjacent to an activating group) is 1. The molecule has 1 heterocycles. The molecule has 1 fully saturated rings. The number of hydrogen-bond acceptors (Lipinski definition) is 4. The van der Waals surface area contributed by atoms with Gasteiger partial charge in [-0.2, -0.15) is 5.10 Å². The van der Waals surface area contributed by atoms with Gasteiger partial charge in [0.1, 0.15) is 5.69 Å². The molecule has 0 amide bonds. The summed E-state index contributed by atoms with van der Waals surface area (Å²) in [6.45, 7) is 5.15. The van der Waals surface area contributed by atoms with Crippen molar-refractivity contribution in [2.45, 2.75) is 32.7 Å². The molecule has 6 heteroatoms. The van der Waals surface area contributed by atoms with Crippen LogP contribution >= 0.6 is 11.6 Å². The fraction of sp³-hybridized carbons (Fsp3) is 0.692. The molecular formula is C13H21ClN4O. The molecule has 1 aliphatic carbocycles. The van der Waals surface area contributed by atoms with Crippen molar-refractivity contribution in [3.63, 3.8) is 0 Å². The molecule has 1 aliphatic rings. The minimum absolute atomic E-state index is 0.115. The van der Waals surface area contributed by atoms with E-state index in [-0.39, 0.29) is 5.56 Å². The van der Waals surface area contributed by atoms with Crippen LogP contribution in [0.1, 0.15) is 26.2 Å². The van der Waals surface area contributed by atoms with Crippen LogP contribution in [0.15, 0.2) is 11.0 Å². The number of anilines is 1. The predicted molar refractivity (Wildman–Crippen MR) is 77.9 cm³/mol. The molecule has 0 bridgehead atoms. The van der Waals surface area contributed by atoms with E-state index < -0.39 is 0 Å². The lowest BCUT2D eigenvalue weighted by atomic mass is 9.85. The van der Waals surface area contributed by atoms with Gasteiger partial charge in [0, 0.05) is 19.6 Å². The van der Waals surface area contributed by atoms with Crippen LogP contribution in [0, 0.1) is 5.92 Å². The van der Waals surface area contributed by atoms with E-state index in [0.717, 1.165) is 13.1 Å². The van der Waals surface area contributed by atoms with E-state index in [2.05, 4.69) is 15.7 Å². The Hall–Kier alpha value is -1.07. The maximum absolute atomic E-state index is 12.3. The van der Waals surface area contributed by atoms with Crippen molar-refractivity contribution in [1.29, 1.82) is 0 Å². The molecule has 1 aromatic heterocycles. The maximum Gasteiger partial charge on any atom is 0.291 e. The van der Waals surface area contributed by atoms with Crippen LogP contribution in [-0.2, 0) is 6.54 Å². The second-order valence-electron chi connectivity index (χ2n) is 4.93. The molecule has 2 N–H and O–H groups in total. The SMILES string of the molecule is CCNCCNc1c(Cl)cnn(CC2CCC2)c1=O.